The molecule has 125 heavy (non-hydrogen) atoms. The number of rotatable bonds is 12. The summed E-state index contributed by atoms with van der Waals surface area (Å²) in [7, 11) is -0.0320. The molecule has 8 N–H and O–H groups in total. The maximum Gasteiger partial charge on any atom is 0.569 e. The van der Waals surface area contributed by atoms with Crippen LogP contribution in [0.3, 0.4) is 0 Å². The molecule has 16 aromatic carbocycles. The lowest BCUT2D eigenvalue weighted by molar-refractivity contribution is 0.423. The van der Waals surface area contributed by atoms with Crippen molar-refractivity contribution in [2.24, 2.45) is 0 Å². The fourth-order valence-electron chi connectivity index (χ4n) is 19.5. The number of benzene rings is 16. The SMILES string of the molecule is CC1(C)c2ccccc2-c2cc(O[B]O)ccc21.CC1(C)c2ccccc2-c2ccc(O[B]O)cc21.OB(O)c1cc2ccc3ccccc3c2cn1.OB(O)c1cccc2c1sc1ccccc12.O[B]Oc1ccc2c(c1)-c1ccccc1C2(c1ccccc1)c1ccccc1.O[B]Oc1ccc2c(c1)-c1ccccc1C21c2ccccc2-c2ccccc21. The van der Waals surface area contributed by atoms with Crippen molar-refractivity contribution in [1.29, 1.82) is 0 Å². The van der Waals surface area contributed by atoms with Crippen molar-refractivity contribution >= 4 is 109 Å². The van der Waals surface area contributed by atoms with E-state index in [1.807, 2.05) is 115 Å². The monoisotopic (exact) mass is 1650 g/mol. The highest BCUT2D eigenvalue weighted by Crippen LogP contribution is 2.64. The summed E-state index contributed by atoms with van der Waals surface area (Å²) in [5.74, 6) is 2.57. The third-order valence-corrected chi connectivity index (χ3v) is 26.1. The third-order valence-electron chi connectivity index (χ3n) is 24.9. The zero-order valence-electron chi connectivity index (χ0n) is 68.7. The highest BCUT2D eigenvalue weighted by molar-refractivity contribution is 7.27. The Balaban J connectivity index is 0.000000104. The van der Waals surface area contributed by atoms with Crippen molar-refractivity contribution in [2.75, 3.05) is 0 Å². The van der Waals surface area contributed by atoms with Gasteiger partial charge in [-0.2, -0.15) is 0 Å². The Morgan fingerprint density at radius 3 is 1.13 bits per heavy atom. The second-order valence-corrected chi connectivity index (χ2v) is 33.2. The first-order chi connectivity index (χ1) is 61.0. The fourth-order valence-corrected chi connectivity index (χ4v) is 20.7. The summed E-state index contributed by atoms with van der Waals surface area (Å²) >= 11 is 1.60. The smallest absolute Gasteiger partial charge is 0.537 e. The van der Waals surface area contributed by atoms with Crippen LogP contribution in [0.15, 0.2) is 370 Å². The standard InChI is InChI=1S/C25H16BO2.C25H18BO2.2C15H14BO2.C13H10BNO2.C12H9BO2S/c27-26-28-16-13-14-24-20(15-16)19-9-3-6-12-23(19)25(24)21-10-4-1-7-17(21)18-8-2-5-11-22(18)25;27-26-28-20-15-16-24-22(17-20)21-13-7-8-14-23(21)25(24,18-9-3-1-4-10-18)19-11-5-2-6-12-19;1-15(2)13-6-4-3-5-11(13)12-9-10(18-16-17)7-8-14(12)15;1-15(2)13-6-4-3-5-11(13)12-8-7-10(18-16-17)9-14(12)15;16-14(17)13-7-10-6-5-9-3-1-2-4-11(9)12(10)8-15-13;14-13(15)10-6-3-5-9-8-4-1-2-7-11(8)16-12(9)10/h1-15,27H;1-17,27H;2*3-9,17H,1-2H3;1-8,16-17H;1-7,14-15H. The van der Waals surface area contributed by atoms with Crippen LogP contribution in [-0.2, 0) is 21.7 Å². The molecule has 0 atom stereocenters. The summed E-state index contributed by atoms with van der Waals surface area (Å²) in [5, 5.41) is 78.9. The molecule has 0 bridgehead atoms. The predicted molar refractivity (Wildman–Crippen MR) is 507 cm³/mol. The van der Waals surface area contributed by atoms with Crippen molar-refractivity contribution in [3.63, 3.8) is 0 Å². The Hall–Kier alpha value is -13.3. The first-order valence-electron chi connectivity index (χ1n) is 41.2. The molecule has 0 saturated heterocycles. The molecule has 5 aliphatic rings. The summed E-state index contributed by atoms with van der Waals surface area (Å²) in [5.41, 5.74) is 27.8. The van der Waals surface area contributed by atoms with Crippen LogP contribution >= 0.6 is 11.3 Å². The number of fused-ring (bicyclic) bond motifs is 25. The normalized spacial score (nSPS) is 13.4. The molecule has 4 radical (unpaired) electrons. The van der Waals surface area contributed by atoms with Crippen molar-refractivity contribution < 1.29 is 58.8 Å². The van der Waals surface area contributed by atoms with Gasteiger partial charge in [-0.05, 0) is 210 Å². The molecule has 0 amide bonds. The average molecular weight is 1650 g/mol. The number of thiophene rings is 1. The number of nitrogens with zero attached hydrogens (tertiary/aromatic N) is 1. The van der Waals surface area contributed by atoms with E-state index in [0.717, 1.165) is 65.8 Å². The second kappa shape index (κ2) is 34.8. The van der Waals surface area contributed by atoms with Gasteiger partial charge in [-0.3, -0.25) is 4.98 Å². The molecule has 20 heteroatoms. The first-order valence-corrected chi connectivity index (χ1v) is 42.0. The van der Waals surface area contributed by atoms with Crippen LogP contribution in [0.25, 0.3) is 97.4 Å². The second-order valence-electron chi connectivity index (χ2n) is 32.2. The van der Waals surface area contributed by atoms with Gasteiger partial charge in [0.2, 0.25) is 0 Å². The van der Waals surface area contributed by atoms with E-state index in [-0.39, 0.29) is 21.8 Å². The molecule has 23 rings (SSSR count). The summed E-state index contributed by atoms with van der Waals surface area (Å²) in [6.07, 6.45) is 1.69. The summed E-state index contributed by atoms with van der Waals surface area (Å²) < 4.78 is 22.8. The van der Waals surface area contributed by atoms with Gasteiger partial charge < -0.3 is 58.8 Å². The van der Waals surface area contributed by atoms with E-state index in [2.05, 4.69) is 269 Å². The average Bonchev–Trinajstić information content (AvgIpc) is 1.56. The molecule has 0 aliphatic heterocycles. The van der Waals surface area contributed by atoms with Gasteiger partial charge in [0.05, 0.1) is 16.4 Å². The zero-order valence-corrected chi connectivity index (χ0v) is 69.6. The van der Waals surface area contributed by atoms with Gasteiger partial charge in [-0.25, -0.2) is 0 Å². The van der Waals surface area contributed by atoms with E-state index in [1.54, 1.807) is 29.7 Å². The van der Waals surface area contributed by atoms with Gasteiger partial charge in [0.15, 0.2) is 0 Å². The molecule has 0 fully saturated rings. The van der Waals surface area contributed by atoms with E-state index < -0.39 is 19.7 Å². The Labute approximate surface area is 733 Å². The van der Waals surface area contributed by atoms with Crippen molar-refractivity contribution in [3.05, 3.63) is 437 Å². The van der Waals surface area contributed by atoms with Crippen molar-refractivity contribution in [1.82, 2.24) is 4.98 Å². The first kappa shape index (κ1) is 82.6. The fraction of sp³-hybridized carbons (Fsp3) is 0.0762. The van der Waals surface area contributed by atoms with Gasteiger partial charge in [-0.1, -0.05) is 331 Å². The molecule has 1 spiro atoms. The number of pyridine rings is 1. The molecule has 0 unspecified atom stereocenters. The van der Waals surface area contributed by atoms with Crippen molar-refractivity contribution in [2.45, 2.75) is 49.4 Å². The molecule has 2 heterocycles. The lowest BCUT2D eigenvalue weighted by atomic mass is 9.68. The molecule has 18 aromatic rings. The zero-order chi connectivity index (χ0) is 86.1. The lowest BCUT2D eigenvalue weighted by Gasteiger charge is -2.33. The maximum atomic E-state index is 9.31. The highest BCUT2D eigenvalue weighted by atomic mass is 32.1. The van der Waals surface area contributed by atoms with E-state index in [9.17, 15) is 10.0 Å². The van der Waals surface area contributed by atoms with Gasteiger partial charge in [0.1, 0.15) is 23.0 Å². The van der Waals surface area contributed by atoms with E-state index in [4.69, 9.17) is 48.8 Å². The van der Waals surface area contributed by atoms with Gasteiger partial charge >= 0.3 is 45.0 Å². The van der Waals surface area contributed by atoms with Gasteiger partial charge in [0, 0.05) is 37.2 Å². The third kappa shape index (κ3) is 14.7. The largest absolute Gasteiger partial charge is 0.569 e. The van der Waals surface area contributed by atoms with Crippen LogP contribution in [-0.4, -0.2) is 90.2 Å². The van der Waals surface area contributed by atoms with Crippen LogP contribution in [0, 0.1) is 0 Å². The number of hydrogen-bond acceptors (Lipinski definition) is 14. The summed E-state index contributed by atoms with van der Waals surface area (Å²) in [6, 6.07) is 124. The van der Waals surface area contributed by atoms with E-state index in [0.29, 0.717) is 36.1 Å². The van der Waals surface area contributed by atoms with Gasteiger partial charge in [-0.15, -0.1) is 11.3 Å². The van der Waals surface area contributed by atoms with E-state index >= 15 is 0 Å². The minimum absolute atomic E-state index is 0.0212. The molecule has 13 nitrogen and oxygen atoms in total. The molecule has 602 valence electrons. The quantitative estimate of drug-likeness (QED) is 0.0423. The molecular formula is C105H81B6NO12S. The van der Waals surface area contributed by atoms with Crippen molar-refractivity contribution in [3.8, 4) is 78.6 Å². The number of aromatic nitrogens is 1. The van der Waals surface area contributed by atoms with Crippen LogP contribution in [0.5, 0.6) is 23.0 Å². The number of hydrogen-bond donors (Lipinski definition) is 8. The summed E-state index contributed by atoms with van der Waals surface area (Å²) in [4.78, 5) is 4.06. The minimum Gasteiger partial charge on any atom is -0.537 e. The minimum atomic E-state index is -1.52. The maximum absolute atomic E-state index is 9.31. The molecule has 0 saturated carbocycles. The Bertz CT molecular complexity index is 6890. The Kier molecular flexibility index (Phi) is 23.0. The van der Waals surface area contributed by atoms with Gasteiger partial charge in [0.25, 0.3) is 0 Å². The lowest BCUT2D eigenvalue weighted by Crippen LogP contribution is -2.32. The van der Waals surface area contributed by atoms with Crippen LogP contribution in [0.1, 0.15) is 94.5 Å². The molecular weight excluding hydrogens is 1560 g/mol. The molecule has 5 aliphatic carbocycles. The summed E-state index contributed by atoms with van der Waals surface area (Å²) in [6.45, 7) is 8.89. The highest BCUT2D eigenvalue weighted by Gasteiger charge is 2.52. The predicted octanol–water partition coefficient (Wildman–Crippen LogP) is 18.5. The topological polar surface area (TPSA) is 212 Å². The van der Waals surface area contributed by atoms with E-state index in [1.165, 1.54) is 121 Å². The Morgan fingerprint density at radius 1 is 0.272 bits per heavy atom. The van der Waals surface area contributed by atoms with Crippen LogP contribution in [0.2, 0.25) is 0 Å². The van der Waals surface area contributed by atoms with Crippen LogP contribution < -0.4 is 29.7 Å². The molecule has 2 aromatic heterocycles. The van der Waals surface area contributed by atoms with Crippen LogP contribution in [0.4, 0.5) is 0 Å². The Morgan fingerprint density at radius 2 is 0.624 bits per heavy atom.